The number of nitrogens with one attached hydrogen (secondary N) is 1. The summed E-state index contributed by atoms with van der Waals surface area (Å²) in [6.07, 6.45) is 0.566. The number of hydrogen-bond donors (Lipinski definition) is 2. The molecule has 2 aromatic carbocycles. The van der Waals surface area contributed by atoms with Crippen molar-refractivity contribution in [3.05, 3.63) is 54.1 Å². The smallest absolute Gasteiger partial charge is 0.142 e. The van der Waals surface area contributed by atoms with Crippen LogP contribution in [0.5, 0.6) is 11.5 Å². The summed E-state index contributed by atoms with van der Waals surface area (Å²) in [5.74, 6) is 1.74. The van der Waals surface area contributed by atoms with Crippen LogP contribution < -0.4 is 19.3 Å². The van der Waals surface area contributed by atoms with E-state index in [1.165, 1.54) is 10.5 Å². The molecule has 3 rings (SSSR count). The van der Waals surface area contributed by atoms with Gasteiger partial charge < -0.3 is 24.4 Å². The zero-order valence-electron chi connectivity index (χ0n) is 16.4. The highest BCUT2D eigenvalue weighted by Gasteiger charge is 2.24. The van der Waals surface area contributed by atoms with E-state index in [1.54, 1.807) is 7.11 Å². The van der Waals surface area contributed by atoms with Gasteiger partial charge in [-0.25, -0.2) is 0 Å². The zero-order chi connectivity index (χ0) is 19.1. The summed E-state index contributed by atoms with van der Waals surface area (Å²) in [4.78, 5) is 3.78. The normalized spacial score (nSPS) is 16.2. The molecule has 27 heavy (non-hydrogen) atoms. The molecule has 0 aromatic heterocycles. The van der Waals surface area contributed by atoms with Crippen molar-refractivity contribution < 1.29 is 19.5 Å². The van der Waals surface area contributed by atoms with Crippen LogP contribution in [0, 0.1) is 0 Å². The van der Waals surface area contributed by atoms with E-state index >= 15 is 0 Å². The number of para-hydroxylation sites is 2. The highest BCUT2D eigenvalue weighted by Crippen LogP contribution is 2.27. The minimum absolute atomic E-state index is 0.338. The topological polar surface area (TPSA) is 46.4 Å². The molecule has 5 heteroatoms. The van der Waals surface area contributed by atoms with Gasteiger partial charge in [-0.05, 0) is 36.2 Å². The lowest BCUT2D eigenvalue weighted by Gasteiger charge is -2.35. The van der Waals surface area contributed by atoms with Crippen molar-refractivity contribution in [2.75, 3.05) is 51.3 Å². The summed E-state index contributed by atoms with van der Waals surface area (Å²) in [5.41, 5.74) is 2.44. The first kappa shape index (κ1) is 19.5. The molecule has 2 aromatic rings. The molecule has 1 aliphatic heterocycles. The van der Waals surface area contributed by atoms with Crippen molar-refractivity contribution >= 4 is 5.69 Å². The lowest BCUT2D eigenvalue weighted by Crippen LogP contribution is -3.16. The quantitative estimate of drug-likeness (QED) is 0.737. The van der Waals surface area contributed by atoms with Crippen molar-refractivity contribution in [3.63, 3.8) is 0 Å². The predicted molar refractivity (Wildman–Crippen MR) is 108 cm³/mol. The molecule has 0 saturated carbocycles. The number of quaternary nitrogens is 1. The number of methoxy groups -OCH3 is 1. The summed E-state index contributed by atoms with van der Waals surface area (Å²) in [5, 5.41) is 10.3. The van der Waals surface area contributed by atoms with Crippen LogP contribution in [0.25, 0.3) is 0 Å². The fourth-order valence-corrected chi connectivity index (χ4v) is 3.56. The molecule has 0 spiro atoms. The van der Waals surface area contributed by atoms with Crippen LogP contribution in [0.15, 0.2) is 48.5 Å². The number of aryl methyl sites for hydroxylation is 1. The van der Waals surface area contributed by atoms with Crippen LogP contribution in [0.3, 0.4) is 0 Å². The van der Waals surface area contributed by atoms with E-state index in [4.69, 9.17) is 9.47 Å². The van der Waals surface area contributed by atoms with Gasteiger partial charge in [-0.3, -0.25) is 0 Å². The van der Waals surface area contributed by atoms with Crippen LogP contribution in [0.1, 0.15) is 12.5 Å². The number of aliphatic hydroxyl groups is 1. The molecule has 1 saturated heterocycles. The summed E-state index contributed by atoms with van der Waals surface area (Å²) in [7, 11) is 1.71. The van der Waals surface area contributed by atoms with Gasteiger partial charge in [0.2, 0.25) is 0 Å². The third-order valence-electron chi connectivity index (χ3n) is 5.19. The summed E-state index contributed by atoms with van der Waals surface area (Å²) in [6.45, 7) is 7.11. The number of ether oxygens (including phenoxy) is 2. The Bertz CT molecular complexity index is 697. The van der Waals surface area contributed by atoms with E-state index in [9.17, 15) is 5.11 Å². The van der Waals surface area contributed by atoms with Gasteiger partial charge in [0.25, 0.3) is 0 Å². The van der Waals surface area contributed by atoms with Gasteiger partial charge in [-0.1, -0.05) is 31.2 Å². The third-order valence-corrected chi connectivity index (χ3v) is 5.19. The van der Waals surface area contributed by atoms with E-state index in [2.05, 4.69) is 30.0 Å². The Morgan fingerprint density at radius 1 is 1.07 bits per heavy atom. The monoisotopic (exact) mass is 371 g/mol. The van der Waals surface area contributed by atoms with E-state index in [1.807, 2.05) is 30.3 Å². The van der Waals surface area contributed by atoms with E-state index in [0.717, 1.165) is 49.8 Å². The molecule has 0 bridgehead atoms. The Hall–Kier alpha value is -2.24. The number of anilines is 1. The second-order valence-electron chi connectivity index (χ2n) is 7.08. The first-order valence-corrected chi connectivity index (χ1v) is 9.81. The minimum atomic E-state index is -0.455. The average molecular weight is 372 g/mol. The molecule has 1 aliphatic rings. The molecular formula is C22H31N2O3+. The van der Waals surface area contributed by atoms with Gasteiger partial charge in [0, 0.05) is 0 Å². The fourth-order valence-electron chi connectivity index (χ4n) is 3.56. The van der Waals surface area contributed by atoms with Gasteiger partial charge in [0.15, 0.2) is 0 Å². The maximum absolute atomic E-state index is 10.3. The molecule has 1 heterocycles. The predicted octanol–water partition coefficient (Wildman–Crippen LogP) is 1.40. The second kappa shape index (κ2) is 9.62. The summed E-state index contributed by atoms with van der Waals surface area (Å²) >= 11 is 0. The first-order chi connectivity index (χ1) is 13.2. The number of rotatable bonds is 8. The number of aliphatic hydroxyl groups excluding tert-OH is 1. The van der Waals surface area contributed by atoms with Crippen molar-refractivity contribution in [1.82, 2.24) is 0 Å². The number of benzene rings is 2. The molecule has 2 N–H and O–H groups in total. The molecule has 0 unspecified atom stereocenters. The molecule has 0 aliphatic carbocycles. The molecule has 5 nitrogen and oxygen atoms in total. The van der Waals surface area contributed by atoms with Crippen LogP contribution in [0.2, 0.25) is 0 Å². The van der Waals surface area contributed by atoms with Crippen molar-refractivity contribution in [2.45, 2.75) is 19.4 Å². The molecular weight excluding hydrogens is 340 g/mol. The number of nitrogens with zero attached hydrogens (tertiary/aromatic N) is 1. The minimum Gasteiger partial charge on any atom is -0.495 e. The Balaban J connectivity index is 1.43. The molecule has 1 atom stereocenters. The Morgan fingerprint density at radius 3 is 2.44 bits per heavy atom. The SMILES string of the molecule is CCc1ccc(OC[C@H](O)C[NH+]2CCN(c3ccccc3OC)CC2)cc1. The van der Waals surface area contributed by atoms with Gasteiger partial charge in [-0.2, -0.15) is 0 Å². The maximum atomic E-state index is 10.3. The van der Waals surface area contributed by atoms with Crippen LogP contribution in [0.4, 0.5) is 5.69 Å². The second-order valence-corrected chi connectivity index (χ2v) is 7.08. The van der Waals surface area contributed by atoms with Crippen LogP contribution in [-0.2, 0) is 6.42 Å². The Kier molecular flexibility index (Phi) is 6.96. The van der Waals surface area contributed by atoms with Crippen molar-refractivity contribution in [1.29, 1.82) is 0 Å². The summed E-state index contributed by atoms with van der Waals surface area (Å²) < 4.78 is 11.2. The largest absolute Gasteiger partial charge is 0.495 e. The number of piperazine rings is 1. The molecule has 0 amide bonds. The zero-order valence-corrected chi connectivity index (χ0v) is 16.4. The van der Waals surface area contributed by atoms with Gasteiger partial charge in [0.05, 0.1) is 39.0 Å². The van der Waals surface area contributed by atoms with E-state index in [-0.39, 0.29) is 0 Å². The molecule has 0 radical (unpaired) electrons. The van der Waals surface area contributed by atoms with Crippen LogP contribution >= 0.6 is 0 Å². The van der Waals surface area contributed by atoms with Crippen molar-refractivity contribution in [2.24, 2.45) is 0 Å². The lowest BCUT2D eigenvalue weighted by atomic mass is 10.2. The first-order valence-electron chi connectivity index (χ1n) is 9.81. The van der Waals surface area contributed by atoms with Gasteiger partial charge in [-0.15, -0.1) is 0 Å². The highest BCUT2D eigenvalue weighted by molar-refractivity contribution is 5.58. The van der Waals surface area contributed by atoms with Crippen LogP contribution in [-0.4, -0.2) is 57.7 Å². The average Bonchev–Trinajstić information content (AvgIpc) is 2.73. The Labute approximate surface area is 162 Å². The molecule has 146 valence electrons. The third kappa shape index (κ3) is 5.37. The standard InChI is InChI=1S/C22H30N2O3/c1-3-18-8-10-20(11-9-18)27-17-19(25)16-23-12-14-24(15-13-23)21-6-4-5-7-22(21)26-2/h4-11,19,25H,3,12-17H2,1-2H3/p+1/t19-/m1/s1. The fraction of sp³-hybridized carbons (Fsp3) is 0.455. The van der Waals surface area contributed by atoms with Gasteiger partial charge >= 0.3 is 0 Å². The summed E-state index contributed by atoms with van der Waals surface area (Å²) in [6, 6.07) is 16.3. The number of hydrogen-bond acceptors (Lipinski definition) is 4. The lowest BCUT2D eigenvalue weighted by molar-refractivity contribution is -0.903. The Morgan fingerprint density at radius 2 is 1.78 bits per heavy atom. The highest BCUT2D eigenvalue weighted by atomic mass is 16.5. The van der Waals surface area contributed by atoms with E-state index < -0.39 is 6.10 Å². The van der Waals surface area contributed by atoms with Gasteiger partial charge in [0.1, 0.15) is 30.8 Å². The van der Waals surface area contributed by atoms with E-state index in [0.29, 0.717) is 13.2 Å². The molecule has 1 fully saturated rings. The van der Waals surface area contributed by atoms with Crippen molar-refractivity contribution in [3.8, 4) is 11.5 Å². The maximum Gasteiger partial charge on any atom is 0.142 e.